The fourth-order valence-electron chi connectivity index (χ4n) is 1.10. The van der Waals surface area contributed by atoms with Crippen molar-refractivity contribution >= 4 is 21.8 Å². The van der Waals surface area contributed by atoms with Crippen LogP contribution in [0.1, 0.15) is 38.1 Å². The summed E-state index contributed by atoms with van der Waals surface area (Å²) in [6.07, 6.45) is 1.49. The van der Waals surface area contributed by atoms with Crippen molar-refractivity contribution in [1.82, 2.24) is 5.32 Å². The first-order chi connectivity index (χ1) is 7.32. The predicted octanol–water partition coefficient (Wildman–Crippen LogP) is 3.45. The Morgan fingerprint density at radius 1 is 1.56 bits per heavy atom. The van der Waals surface area contributed by atoms with Crippen LogP contribution in [0.5, 0.6) is 0 Å². The number of hydrogen-bond acceptors (Lipinski definition) is 2. The van der Waals surface area contributed by atoms with Gasteiger partial charge < -0.3 is 9.73 Å². The van der Waals surface area contributed by atoms with E-state index in [1.54, 1.807) is 6.07 Å². The molecular weight excluding hydrogens is 270 g/mol. The minimum Gasteiger partial charge on any atom is -0.457 e. The first kappa shape index (κ1) is 13.3. The van der Waals surface area contributed by atoms with E-state index < -0.39 is 0 Å². The van der Waals surface area contributed by atoms with Crippen molar-refractivity contribution < 1.29 is 9.21 Å². The Kier molecular flexibility index (Phi) is 4.19. The van der Waals surface area contributed by atoms with E-state index in [-0.39, 0.29) is 11.3 Å². The van der Waals surface area contributed by atoms with E-state index in [9.17, 15) is 4.79 Å². The van der Waals surface area contributed by atoms with Gasteiger partial charge in [0, 0.05) is 6.54 Å². The van der Waals surface area contributed by atoms with Crippen LogP contribution in [0, 0.1) is 11.3 Å². The van der Waals surface area contributed by atoms with Crippen molar-refractivity contribution in [2.24, 2.45) is 11.3 Å². The number of halogens is 1. The summed E-state index contributed by atoms with van der Waals surface area (Å²) in [4.78, 5) is 11.8. The van der Waals surface area contributed by atoms with Gasteiger partial charge in [0.05, 0.1) is 11.8 Å². The third-order valence-corrected chi connectivity index (χ3v) is 3.52. The van der Waals surface area contributed by atoms with Crippen LogP contribution in [0.25, 0.3) is 0 Å². The van der Waals surface area contributed by atoms with Gasteiger partial charge in [-0.1, -0.05) is 27.7 Å². The fraction of sp³-hybridized carbons (Fsp3) is 0.583. The Bertz CT molecular complexity index is 365. The van der Waals surface area contributed by atoms with Gasteiger partial charge in [0.15, 0.2) is 4.67 Å². The molecule has 1 aromatic rings. The zero-order valence-corrected chi connectivity index (χ0v) is 11.7. The molecule has 0 aliphatic carbocycles. The third-order valence-electron chi connectivity index (χ3n) is 2.91. The van der Waals surface area contributed by atoms with Crippen molar-refractivity contribution in [2.75, 3.05) is 6.54 Å². The topological polar surface area (TPSA) is 42.2 Å². The molecule has 1 amide bonds. The van der Waals surface area contributed by atoms with Crippen molar-refractivity contribution in [2.45, 2.75) is 27.7 Å². The van der Waals surface area contributed by atoms with Gasteiger partial charge in [-0.05, 0) is 33.3 Å². The van der Waals surface area contributed by atoms with Gasteiger partial charge in [-0.3, -0.25) is 4.79 Å². The molecule has 0 saturated carbocycles. The van der Waals surface area contributed by atoms with E-state index in [2.05, 4.69) is 48.9 Å². The predicted molar refractivity (Wildman–Crippen MR) is 67.4 cm³/mol. The number of rotatable bonds is 3. The van der Waals surface area contributed by atoms with Crippen molar-refractivity contribution in [3.05, 3.63) is 22.6 Å². The number of carbonyl (C=O) groups is 1. The molecule has 1 rings (SSSR count). The smallest absolute Gasteiger partial charge is 0.255 e. The molecule has 1 N–H and O–H groups in total. The van der Waals surface area contributed by atoms with Crippen molar-refractivity contribution in [3.63, 3.8) is 0 Å². The largest absolute Gasteiger partial charge is 0.457 e. The minimum atomic E-state index is -0.100. The first-order valence-electron chi connectivity index (χ1n) is 5.33. The fourth-order valence-corrected chi connectivity index (χ4v) is 1.52. The average Bonchev–Trinajstić information content (AvgIpc) is 2.58. The van der Waals surface area contributed by atoms with Crippen LogP contribution >= 0.6 is 15.9 Å². The van der Waals surface area contributed by atoms with Gasteiger partial charge in [0.1, 0.15) is 0 Å². The Morgan fingerprint density at radius 2 is 2.19 bits per heavy atom. The summed E-state index contributed by atoms with van der Waals surface area (Å²) in [7, 11) is 0. The molecule has 16 heavy (non-hydrogen) atoms. The molecule has 4 heteroatoms. The zero-order chi connectivity index (χ0) is 12.3. The van der Waals surface area contributed by atoms with Crippen LogP contribution in [-0.2, 0) is 0 Å². The van der Waals surface area contributed by atoms with Crippen molar-refractivity contribution in [1.29, 1.82) is 0 Å². The van der Waals surface area contributed by atoms with Crippen LogP contribution in [0.2, 0.25) is 0 Å². The van der Waals surface area contributed by atoms with Crippen LogP contribution < -0.4 is 5.32 Å². The molecule has 0 aliphatic rings. The Balaban J connectivity index is 2.52. The van der Waals surface area contributed by atoms with Gasteiger partial charge in [0.2, 0.25) is 0 Å². The number of amides is 1. The number of furan rings is 1. The Labute approximate surface area is 105 Å². The summed E-state index contributed by atoms with van der Waals surface area (Å²) in [5, 5.41) is 2.90. The number of hydrogen-bond donors (Lipinski definition) is 1. The second kappa shape index (κ2) is 5.04. The standard InChI is InChI=1S/C12H18BrNO2/c1-8(12(2,3)4)7-14-11(15)9-5-6-16-10(9)13/h5-6,8H,7H2,1-4H3,(H,14,15). The summed E-state index contributed by atoms with van der Waals surface area (Å²) in [6.45, 7) is 9.29. The molecule has 0 aromatic carbocycles. The van der Waals surface area contributed by atoms with Gasteiger partial charge >= 0.3 is 0 Å². The highest BCUT2D eigenvalue weighted by atomic mass is 79.9. The van der Waals surface area contributed by atoms with Crippen LogP contribution in [0.15, 0.2) is 21.4 Å². The maximum atomic E-state index is 11.8. The van der Waals surface area contributed by atoms with Gasteiger partial charge in [-0.2, -0.15) is 0 Å². The lowest BCUT2D eigenvalue weighted by Gasteiger charge is -2.27. The molecule has 0 aliphatic heterocycles. The van der Waals surface area contributed by atoms with Gasteiger partial charge in [0.25, 0.3) is 5.91 Å². The van der Waals surface area contributed by atoms with E-state index >= 15 is 0 Å². The van der Waals surface area contributed by atoms with Crippen LogP contribution in [0.4, 0.5) is 0 Å². The third kappa shape index (κ3) is 3.37. The minimum absolute atomic E-state index is 0.100. The van der Waals surface area contributed by atoms with Gasteiger partial charge in [-0.15, -0.1) is 0 Å². The molecular formula is C12H18BrNO2. The highest BCUT2D eigenvalue weighted by Crippen LogP contribution is 2.24. The monoisotopic (exact) mass is 287 g/mol. The molecule has 0 saturated heterocycles. The highest BCUT2D eigenvalue weighted by Gasteiger charge is 2.21. The highest BCUT2D eigenvalue weighted by molar-refractivity contribution is 9.10. The van der Waals surface area contributed by atoms with Crippen LogP contribution in [0.3, 0.4) is 0 Å². The van der Waals surface area contributed by atoms with E-state index in [1.807, 2.05) is 0 Å². The van der Waals surface area contributed by atoms with Crippen LogP contribution in [-0.4, -0.2) is 12.5 Å². The van der Waals surface area contributed by atoms with Crippen molar-refractivity contribution in [3.8, 4) is 0 Å². The molecule has 3 nitrogen and oxygen atoms in total. The van der Waals surface area contributed by atoms with E-state index in [1.165, 1.54) is 6.26 Å². The van der Waals surface area contributed by atoms with E-state index in [0.29, 0.717) is 22.7 Å². The molecule has 0 spiro atoms. The maximum absolute atomic E-state index is 11.8. The average molecular weight is 288 g/mol. The van der Waals surface area contributed by atoms with Gasteiger partial charge in [-0.25, -0.2) is 0 Å². The lowest BCUT2D eigenvalue weighted by Crippen LogP contribution is -2.33. The normalized spacial score (nSPS) is 13.6. The Morgan fingerprint density at radius 3 is 2.62 bits per heavy atom. The lowest BCUT2D eigenvalue weighted by molar-refractivity contribution is 0.0935. The first-order valence-corrected chi connectivity index (χ1v) is 6.13. The molecule has 1 aromatic heterocycles. The maximum Gasteiger partial charge on any atom is 0.255 e. The zero-order valence-electron chi connectivity index (χ0n) is 10.1. The quantitative estimate of drug-likeness (QED) is 0.925. The molecule has 1 heterocycles. The summed E-state index contributed by atoms with van der Waals surface area (Å²) in [5.41, 5.74) is 0.738. The number of carbonyl (C=O) groups excluding carboxylic acids is 1. The second-order valence-electron chi connectivity index (χ2n) is 5.09. The summed E-state index contributed by atoms with van der Waals surface area (Å²) in [6, 6.07) is 1.65. The van der Waals surface area contributed by atoms with E-state index in [4.69, 9.17) is 4.42 Å². The molecule has 90 valence electrons. The molecule has 0 bridgehead atoms. The summed E-state index contributed by atoms with van der Waals surface area (Å²) in [5.74, 6) is 0.318. The molecule has 0 fully saturated rings. The SMILES string of the molecule is CC(CNC(=O)c1ccoc1Br)C(C)(C)C. The number of nitrogens with one attached hydrogen (secondary N) is 1. The molecule has 0 radical (unpaired) electrons. The second-order valence-corrected chi connectivity index (χ2v) is 5.81. The Hall–Kier alpha value is -0.770. The van der Waals surface area contributed by atoms with E-state index in [0.717, 1.165) is 0 Å². The lowest BCUT2D eigenvalue weighted by atomic mass is 9.82. The summed E-state index contributed by atoms with van der Waals surface area (Å²) >= 11 is 3.19. The molecule has 1 unspecified atom stereocenters. The summed E-state index contributed by atoms with van der Waals surface area (Å²) < 4.78 is 5.50. The molecule has 1 atom stereocenters.